The molecule has 1 aliphatic heterocycles. The predicted octanol–water partition coefficient (Wildman–Crippen LogP) is 1.24. The fourth-order valence-electron chi connectivity index (χ4n) is 2.52. The molecular weight excluding hydrogens is 311 g/mol. The molecule has 1 N–H and O–H groups in total. The Morgan fingerprint density at radius 3 is 2.50 bits per heavy atom. The molecule has 0 atom stereocenters. The van der Waals surface area contributed by atoms with Gasteiger partial charge in [0.2, 0.25) is 0 Å². The largest absolute Gasteiger partial charge is 0.494 e. The van der Waals surface area contributed by atoms with Crippen molar-refractivity contribution in [3.05, 3.63) is 29.6 Å². The summed E-state index contributed by atoms with van der Waals surface area (Å²) in [4.78, 5) is 0. The Hall–Kier alpha value is -1.22. The van der Waals surface area contributed by atoms with Crippen molar-refractivity contribution in [3.8, 4) is 5.75 Å². The van der Waals surface area contributed by atoms with E-state index in [1.165, 1.54) is 27.3 Å². The van der Waals surface area contributed by atoms with Gasteiger partial charge in [-0.1, -0.05) is 12.1 Å². The number of hydrogen-bond acceptors (Lipinski definition) is 4. The molecular formula is C14H21FN2O4S. The van der Waals surface area contributed by atoms with E-state index in [4.69, 9.17) is 9.47 Å². The van der Waals surface area contributed by atoms with Crippen LogP contribution in [0.25, 0.3) is 0 Å². The van der Waals surface area contributed by atoms with Gasteiger partial charge in [0.15, 0.2) is 11.6 Å². The molecule has 8 heteroatoms. The third-order valence-corrected chi connectivity index (χ3v) is 5.46. The first kappa shape index (κ1) is 17.1. The first-order valence-electron chi connectivity index (χ1n) is 6.94. The van der Waals surface area contributed by atoms with Gasteiger partial charge in [-0.15, -0.1) is 0 Å². The molecule has 1 saturated heterocycles. The summed E-state index contributed by atoms with van der Waals surface area (Å²) in [7, 11) is 0.513. The van der Waals surface area contributed by atoms with Crippen LogP contribution in [0.3, 0.4) is 0 Å². The van der Waals surface area contributed by atoms with Gasteiger partial charge < -0.3 is 9.47 Å². The summed E-state index contributed by atoms with van der Waals surface area (Å²) in [5, 5.41) is 0. The Morgan fingerprint density at radius 1 is 1.32 bits per heavy atom. The fourth-order valence-corrected chi connectivity index (χ4v) is 3.51. The van der Waals surface area contributed by atoms with Crippen molar-refractivity contribution in [2.75, 3.05) is 34.4 Å². The summed E-state index contributed by atoms with van der Waals surface area (Å²) in [5.41, 5.74) is -0.763. The lowest BCUT2D eigenvalue weighted by Crippen LogP contribution is -2.53. The number of rotatable bonds is 5. The number of ether oxygens (including phenoxy) is 2. The minimum absolute atomic E-state index is 0.0902. The summed E-state index contributed by atoms with van der Waals surface area (Å²) in [6.45, 7) is 0.708. The molecule has 124 valence electrons. The molecule has 2 rings (SSSR count). The molecule has 1 fully saturated rings. The first-order valence-corrected chi connectivity index (χ1v) is 8.38. The number of hydrogen-bond donors (Lipinski definition) is 1. The second-order valence-corrected chi connectivity index (χ2v) is 7.29. The van der Waals surface area contributed by atoms with Crippen molar-refractivity contribution in [1.29, 1.82) is 0 Å². The topological polar surface area (TPSA) is 67.9 Å². The van der Waals surface area contributed by atoms with E-state index in [2.05, 4.69) is 4.72 Å². The highest BCUT2D eigenvalue weighted by molar-refractivity contribution is 7.87. The average Bonchev–Trinajstić information content (AvgIpc) is 2.47. The molecule has 1 aromatic rings. The SMILES string of the molecule is COc1cccc(C2(NS(=O)(=O)N(C)C)CCOCC2)c1F. The van der Waals surface area contributed by atoms with E-state index in [1.54, 1.807) is 12.1 Å². The normalized spacial score (nSPS) is 18.4. The van der Waals surface area contributed by atoms with Gasteiger partial charge in [0, 0.05) is 32.9 Å². The van der Waals surface area contributed by atoms with Gasteiger partial charge in [-0.05, 0) is 18.9 Å². The lowest BCUT2D eigenvalue weighted by Gasteiger charge is -2.39. The number of nitrogens with one attached hydrogen (secondary N) is 1. The van der Waals surface area contributed by atoms with Crippen LogP contribution in [0.15, 0.2) is 18.2 Å². The predicted molar refractivity (Wildman–Crippen MR) is 80.4 cm³/mol. The Labute approximate surface area is 130 Å². The molecule has 0 radical (unpaired) electrons. The molecule has 1 heterocycles. The summed E-state index contributed by atoms with van der Waals surface area (Å²) in [6, 6.07) is 4.74. The van der Waals surface area contributed by atoms with E-state index < -0.39 is 21.6 Å². The molecule has 6 nitrogen and oxygen atoms in total. The zero-order valence-electron chi connectivity index (χ0n) is 12.9. The second-order valence-electron chi connectivity index (χ2n) is 5.41. The molecule has 0 spiro atoms. The molecule has 0 amide bonds. The maximum Gasteiger partial charge on any atom is 0.279 e. The molecule has 0 bridgehead atoms. The van der Waals surface area contributed by atoms with Gasteiger partial charge in [-0.3, -0.25) is 0 Å². The summed E-state index contributed by atoms with van der Waals surface area (Å²) >= 11 is 0. The lowest BCUT2D eigenvalue weighted by atomic mass is 9.83. The minimum Gasteiger partial charge on any atom is -0.494 e. The standard InChI is InChI=1S/C14H21FN2O4S/c1-17(2)22(18,19)16-14(7-9-21-10-8-14)11-5-4-6-12(20-3)13(11)15/h4-6,16H,7-10H2,1-3H3. The van der Waals surface area contributed by atoms with Gasteiger partial charge in [0.05, 0.1) is 12.6 Å². The Balaban J connectivity index is 2.51. The van der Waals surface area contributed by atoms with Gasteiger partial charge in [-0.25, -0.2) is 4.39 Å². The fraction of sp³-hybridized carbons (Fsp3) is 0.571. The van der Waals surface area contributed by atoms with Crippen LogP contribution < -0.4 is 9.46 Å². The second kappa shape index (κ2) is 6.49. The van der Waals surface area contributed by atoms with Gasteiger partial charge in [0.1, 0.15) is 0 Å². The van der Waals surface area contributed by atoms with E-state index in [1.807, 2.05) is 0 Å². The summed E-state index contributed by atoms with van der Waals surface area (Å²) in [6.07, 6.45) is 0.703. The molecule has 0 aromatic heterocycles. The molecule has 0 saturated carbocycles. The van der Waals surface area contributed by atoms with Crippen molar-refractivity contribution in [2.24, 2.45) is 0 Å². The van der Waals surface area contributed by atoms with Gasteiger partial charge >= 0.3 is 0 Å². The van der Waals surface area contributed by atoms with E-state index >= 15 is 0 Å². The number of halogens is 1. The number of nitrogens with zero attached hydrogens (tertiary/aromatic N) is 1. The summed E-state index contributed by atoms with van der Waals surface area (Å²) in [5.74, 6) is -0.458. The Kier molecular flexibility index (Phi) is 5.06. The maximum atomic E-state index is 14.7. The highest BCUT2D eigenvalue weighted by atomic mass is 32.2. The first-order chi connectivity index (χ1) is 10.3. The van der Waals surface area contributed by atoms with Crippen LogP contribution in [-0.2, 0) is 20.5 Å². The van der Waals surface area contributed by atoms with Crippen LogP contribution in [0.2, 0.25) is 0 Å². The van der Waals surface area contributed by atoms with Crippen molar-refractivity contribution < 1.29 is 22.3 Å². The average molecular weight is 332 g/mol. The molecule has 1 aromatic carbocycles. The number of methoxy groups -OCH3 is 1. The van der Waals surface area contributed by atoms with Gasteiger partial charge in [-0.2, -0.15) is 17.4 Å². The lowest BCUT2D eigenvalue weighted by molar-refractivity contribution is 0.0439. The third kappa shape index (κ3) is 3.24. The van der Waals surface area contributed by atoms with Crippen LogP contribution in [0.4, 0.5) is 4.39 Å². The van der Waals surface area contributed by atoms with Gasteiger partial charge in [0.25, 0.3) is 10.2 Å². The third-order valence-electron chi connectivity index (χ3n) is 3.85. The molecule has 1 aliphatic rings. The molecule has 0 aliphatic carbocycles. The van der Waals surface area contributed by atoms with Crippen LogP contribution in [0.1, 0.15) is 18.4 Å². The molecule has 22 heavy (non-hydrogen) atoms. The van der Waals surface area contributed by atoms with E-state index in [0.717, 1.165) is 4.31 Å². The Morgan fingerprint density at radius 2 is 1.95 bits per heavy atom. The van der Waals surface area contributed by atoms with Crippen LogP contribution in [-0.4, -0.2) is 47.1 Å². The van der Waals surface area contributed by atoms with E-state index in [-0.39, 0.29) is 11.3 Å². The minimum atomic E-state index is -3.72. The van der Waals surface area contributed by atoms with Crippen LogP contribution in [0, 0.1) is 5.82 Å². The van der Waals surface area contributed by atoms with Crippen molar-refractivity contribution in [3.63, 3.8) is 0 Å². The van der Waals surface area contributed by atoms with E-state index in [9.17, 15) is 12.8 Å². The van der Waals surface area contributed by atoms with Crippen molar-refractivity contribution in [1.82, 2.24) is 9.03 Å². The van der Waals surface area contributed by atoms with Crippen LogP contribution >= 0.6 is 0 Å². The summed E-state index contributed by atoms with van der Waals surface area (Å²) < 4.78 is 53.2. The zero-order chi connectivity index (χ0) is 16.4. The van der Waals surface area contributed by atoms with Crippen LogP contribution in [0.5, 0.6) is 5.75 Å². The quantitative estimate of drug-likeness (QED) is 0.881. The monoisotopic (exact) mass is 332 g/mol. The molecule has 0 unspecified atom stereocenters. The highest BCUT2D eigenvalue weighted by Crippen LogP contribution is 2.37. The Bertz CT molecular complexity index is 628. The smallest absolute Gasteiger partial charge is 0.279 e. The zero-order valence-corrected chi connectivity index (χ0v) is 13.7. The highest BCUT2D eigenvalue weighted by Gasteiger charge is 2.41. The van der Waals surface area contributed by atoms with Crippen molar-refractivity contribution >= 4 is 10.2 Å². The maximum absolute atomic E-state index is 14.7. The van der Waals surface area contributed by atoms with Crippen molar-refractivity contribution in [2.45, 2.75) is 18.4 Å². The van der Waals surface area contributed by atoms with E-state index in [0.29, 0.717) is 26.1 Å². The number of benzene rings is 1.